The molecule has 2 aliphatic carbocycles. The molecule has 0 aromatic carbocycles. The van der Waals surface area contributed by atoms with Crippen molar-refractivity contribution in [1.82, 2.24) is 0 Å². The SMILES string of the molecule is C=C1C(=O)OC2CC3(O)C4OC4CC(C)C3(C)CC12. The highest BCUT2D eigenvalue weighted by Crippen LogP contribution is 2.64. The summed E-state index contributed by atoms with van der Waals surface area (Å²) >= 11 is 0. The third-order valence-corrected chi connectivity index (χ3v) is 6.29. The Kier molecular flexibility index (Phi) is 2.03. The zero-order valence-corrected chi connectivity index (χ0v) is 11.4. The van der Waals surface area contributed by atoms with Crippen molar-refractivity contribution < 1.29 is 19.4 Å². The molecule has 2 aliphatic heterocycles. The van der Waals surface area contributed by atoms with E-state index in [0.717, 1.165) is 12.8 Å². The van der Waals surface area contributed by atoms with Crippen LogP contribution in [0.4, 0.5) is 0 Å². The third kappa shape index (κ3) is 1.24. The zero-order chi connectivity index (χ0) is 13.6. The number of carbonyl (C=O) groups is 1. The van der Waals surface area contributed by atoms with Gasteiger partial charge in [0, 0.05) is 23.3 Å². The molecule has 0 spiro atoms. The molecular formula is C15H20O4. The van der Waals surface area contributed by atoms with E-state index in [1.807, 2.05) is 0 Å². The van der Waals surface area contributed by atoms with Gasteiger partial charge in [0.1, 0.15) is 17.8 Å². The van der Waals surface area contributed by atoms with Crippen molar-refractivity contribution in [2.75, 3.05) is 0 Å². The highest BCUT2D eigenvalue weighted by atomic mass is 16.6. The molecule has 0 amide bonds. The summed E-state index contributed by atoms with van der Waals surface area (Å²) in [5.74, 6) is 0.156. The number of rotatable bonds is 0. The number of epoxide rings is 1. The Morgan fingerprint density at radius 1 is 1.37 bits per heavy atom. The average molecular weight is 264 g/mol. The lowest BCUT2D eigenvalue weighted by molar-refractivity contribution is -0.187. The number of hydrogen-bond donors (Lipinski definition) is 1. The number of fused-ring (bicyclic) bond motifs is 4. The molecule has 4 aliphatic rings. The normalized spacial score (nSPS) is 59.0. The molecule has 2 heterocycles. The Bertz CT molecular complexity index is 487. The first-order valence-electron chi connectivity index (χ1n) is 7.14. The van der Waals surface area contributed by atoms with Crippen LogP contribution in [0.3, 0.4) is 0 Å². The van der Waals surface area contributed by atoms with E-state index in [-0.39, 0.29) is 35.6 Å². The Morgan fingerprint density at radius 2 is 2.11 bits per heavy atom. The van der Waals surface area contributed by atoms with Gasteiger partial charge in [-0.05, 0) is 18.8 Å². The van der Waals surface area contributed by atoms with Gasteiger partial charge in [-0.1, -0.05) is 20.4 Å². The van der Waals surface area contributed by atoms with E-state index >= 15 is 0 Å². The first-order chi connectivity index (χ1) is 8.87. The molecule has 104 valence electrons. The van der Waals surface area contributed by atoms with Crippen LogP contribution in [0.2, 0.25) is 0 Å². The maximum atomic E-state index is 11.7. The maximum Gasteiger partial charge on any atom is 0.334 e. The number of esters is 1. The monoisotopic (exact) mass is 264 g/mol. The average Bonchev–Trinajstić information content (AvgIpc) is 3.06. The molecule has 4 rings (SSSR count). The lowest BCUT2D eigenvalue weighted by Crippen LogP contribution is -2.63. The molecule has 19 heavy (non-hydrogen) atoms. The summed E-state index contributed by atoms with van der Waals surface area (Å²) in [4.78, 5) is 11.7. The largest absolute Gasteiger partial charge is 0.458 e. The van der Waals surface area contributed by atoms with Crippen molar-refractivity contribution in [1.29, 1.82) is 0 Å². The minimum atomic E-state index is -0.860. The zero-order valence-electron chi connectivity index (χ0n) is 11.4. The van der Waals surface area contributed by atoms with Crippen LogP contribution in [0, 0.1) is 17.3 Å². The Morgan fingerprint density at radius 3 is 2.84 bits per heavy atom. The lowest BCUT2D eigenvalue weighted by Gasteiger charge is -2.55. The van der Waals surface area contributed by atoms with Crippen LogP contribution in [-0.2, 0) is 14.3 Å². The van der Waals surface area contributed by atoms with Gasteiger partial charge in [-0.15, -0.1) is 0 Å². The second-order valence-electron chi connectivity index (χ2n) is 7.06. The number of carbonyl (C=O) groups excluding carboxylic acids is 1. The van der Waals surface area contributed by atoms with Crippen LogP contribution in [-0.4, -0.2) is 35.0 Å². The van der Waals surface area contributed by atoms with Crippen molar-refractivity contribution in [2.45, 2.75) is 57.0 Å². The molecule has 2 saturated carbocycles. The van der Waals surface area contributed by atoms with Gasteiger partial charge < -0.3 is 14.6 Å². The van der Waals surface area contributed by atoms with Crippen LogP contribution in [0.15, 0.2) is 12.2 Å². The summed E-state index contributed by atoms with van der Waals surface area (Å²) < 4.78 is 11.1. The fourth-order valence-electron chi connectivity index (χ4n) is 4.70. The van der Waals surface area contributed by atoms with E-state index in [9.17, 15) is 9.90 Å². The van der Waals surface area contributed by atoms with Gasteiger partial charge in [-0.2, -0.15) is 0 Å². The van der Waals surface area contributed by atoms with Gasteiger partial charge in [0.2, 0.25) is 0 Å². The summed E-state index contributed by atoms with van der Waals surface area (Å²) in [5, 5.41) is 11.2. The summed E-state index contributed by atoms with van der Waals surface area (Å²) in [7, 11) is 0. The van der Waals surface area contributed by atoms with Crippen LogP contribution in [0.5, 0.6) is 0 Å². The van der Waals surface area contributed by atoms with Gasteiger partial charge in [-0.3, -0.25) is 0 Å². The van der Waals surface area contributed by atoms with Crippen LogP contribution in [0.1, 0.15) is 33.1 Å². The summed E-state index contributed by atoms with van der Waals surface area (Å²) in [5.41, 5.74) is -0.497. The molecule has 0 radical (unpaired) electrons. The van der Waals surface area contributed by atoms with Crippen molar-refractivity contribution in [2.24, 2.45) is 17.3 Å². The molecule has 4 heteroatoms. The van der Waals surface area contributed by atoms with E-state index < -0.39 is 5.60 Å². The van der Waals surface area contributed by atoms with Gasteiger partial charge in [0.05, 0.1) is 6.10 Å². The Labute approximate surface area is 112 Å². The third-order valence-electron chi connectivity index (χ3n) is 6.29. The second kappa shape index (κ2) is 3.23. The molecule has 4 fully saturated rings. The Hall–Kier alpha value is -0.870. The molecular weight excluding hydrogens is 244 g/mol. The summed E-state index contributed by atoms with van der Waals surface area (Å²) in [6, 6.07) is 0. The second-order valence-corrected chi connectivity index (χ2v) is 7.06. The molecule has 0 aromatic heterocycles. The molecule has 2 saturated heterocycles. The maximum absolute atomic E-state index is 11.7. The van der Waals surface area contributed by atoms with Crippen molar-refractivity contribution in [3.63, 3.8) is 0 Å². The molecule has 7 atom stereocenters. The summed E-state index contributed by atoms with van der Waals surface area (Å²) in [6.07, 6.45) is 2.18. The van der Waals surface area contributed by atoms with Gasteiger partial charge in [-0.25, -0.2) is 4.79 Å². The standard InChI is InChI=1S/C15H20O4/c1-7-4-10-12(18-10)15(17)6-11-9(5-14(7,15)3)8(2)13(16)19-11/h7,9-12,17H,2,4-6H2,1,3H3. The number of hydrogen-bond acceptors (Lipinski definition) is 4. The van der Waals surface area contributed by atoms with E-state index in [4.69, 9.17) is 9.47 Å². The van der Waals surface area contributed by atoms with Gasteiger partial charge >= 0.3 is 5.97 Å². The predicted molar refractivity (Wildman–Crippen MR) is 67.2 cm³/mol. The fraction of sp³-hybridized carbons (Fsp3) is 0.800. The molecule has 4 nitrogen and oxygen atoms in total. The topological polar surface area (TPSA) is 59.1 Å². The lowest BCUT2D eigenvalue weighted by atomic mass is 9.50. The van der Waals surface area contributed by atoms with E-state index in [2.05, 4.69) is 20.4 Å². The van der Waals surface area contributed by atoms with E-state index in [0.29, 0.717) is 17.9 Å². The summed E-state index contributed by atoms with van der Waals surface area (Å²) in [6.45, 7) is 8.20. The first kappa shape index (κ1) is 11.9. The molecule has 0 bridgehead atoms. The minimum absolute atomic E-state index is 0.0653. The smallest absolute Gasteiger partial charge is 0.334 e. The Balaban J connectivity index is 1.75. The first-order valence-corrected chi connectivity index (χ1v) is 7.14. The van der Waals surface area contributed by atoms with Crippen LogP contribution in [0.25, 0.3) is 0 Å². The molecule has 7 unspecified atom stereocenters. The van der Waals surface area contributed by atoms with Crippen LogP contribution >= 0.6 is 0 Å². The highest BCUT2D eigenvalue weighted by molar-refractivity contribution is 5.90. The molecule has 1 N–H and O–H groups in total. The fourth-order valence-corrected chi connectivity index (χ4v) is 4.70. The van der Waals surface area contributed by atoms with Gasteiger partial charge in [0.15, 0.2) is 0 Å². The number of ether oxygens (including phenoxy) is 2. The van der Waals surface area contributed by atoms with E-state index in [1.165, 1.54) is 0 Å². The highest BCUT2D eigenvalue weighted by Gasteiger charge is 2.71. The van der Waals surface area contributed by atoms with Gasteiger partial charge in [0.25, 0.3) is 0 Å². The van der Waals surface area contributed by atoms with E-state index in [1.54, 1.807) is 0 Å². The van der Waals surface area contributed by atoms with Crippen molar-refractivity contribution in [3.8, 4) is 0 Å². The van der Waals surface area contributed by atoms with Crippen molar-refractivity contribution in [3.05, 3.63) is 12.2 Å². The predicted octanol–water partition coefficient (Wildman–Crippen LogP) is 1.42. The van der Waals surface area contributed by atoms with Crippen LogP contribution < -0.4 is 0 Å². The molecule has 0 aromatic rings. The quantitative estimate of drug-likeness (QED) is 0.408. The minimum Gasteiger partial charge on any atom is -0.458 e. The number of aliphatic hydroxyl groups is 1. The van der Waals surface area contributed by atoms with Crippen molar-refractivity contribution >= 4 is 5.97 Å².